The van der Waals surface area contributed by atoms with Gasteiger partial charge in [-0.05, 0) is 29.1 Å². The van der Waals surface area contributed by atoms with Crippen molar-refractivity contribution >= 4 is 22.4 Å². The fourth-order valence-corrected chi connectivity index (χ4v) is 4.07. The largest absolute Gasteiger partial charge is 0.333 e. The van der Waals surface area contributed by atoms with Gasteiger partial charge >= 0.3 is 0 Å². The number of hydrogen-bond donors (Lipinski definition) is 1. The first-order chi connectivity index (χ1) is 14.2. The lowest BCUT2D eigenvalue weighted by Gasteiger charge is -2.01. The van der Waals surface area contributed by atoms with Gasteiger partial charge in [0.25, 0.3) is 0 Å². The first-order valence-corrected chi connectivity index (χ1v) is 10.0. The van der Waals surface area contributed by atoms with E-state index in [1.165, 1.54) is 28.1 Å². The molecule has 0 aliphatic carbocycles. The molecule has 0 spiro atoms. The van der Waals surface area contributed by atoms with Crippen LogP contribution < -0.4 is 4.57 Å². The number of hydrogen-bond acceptors (Lipinski definition) is 2. The zero-order valence-electron chi connectivity index (χ0n) is 15.3. The number of rotatable bonds is 4. The number of thiophene rings is 1. The summed E-state index contributed by atoms with van der Waals surface area (Å²) < 4.78 is 29.6. The number of fused-ring (bicyclic) bond motifs is 1. The van der Waals surface area contributed by atoms with Gasteiger partial charge in [-0.2, -0.15) is 4.57 Å². The predicted molar refractivity (Wildman–Crippen MR) is 110 cm³/mol. The van der Waals surface area contributed by atoms with Crippen LogP contribution in [0.4, 0.5) is 8.78 Å². The summed E-state index contributed by atoms with van der Waals surface area (Å²) in [5.41, 5.74) is 3.97. The Bertz CT molecular complexity index is 1290. The molecule has 0 saturated carbocycles. The molecule has 5 rings (SSSR count). The Labute approximate surface area is 169 Å². The molecule has 0 atom stereocenters. The third-order valence-electron chi connectivity index (χ3n) is 4.81. The maximum atomic E-state index is 14.1. The second kappa shape index (κ2) is 7.22. The van der Waals surface area contributed by atoms with Gasteiger partial charge in [0.1, 0.15) is 16.9 Å². The number of H-pyrrole nitrogens is 1. The van der Waals surface area contributed by atoms with E-state index in [0.717, 1.165) is 11.6 Å². The molecule has 29 heavy (non-hydrogen) atoms. The Morgan fingerprint density at radius 1 is 0.966 bits per heavy atom. The molecule has 1 N–H and O–H groups in total. The Hall–Kier alpha value is -3.38. The second-order valence-corrected chi connectivity index (χ2v) is 7.72. The minimum absolute atomic E-state index is 0.122. The molecule has 3 heterocycles. The van der Waals surface area contributed by atoms with Crippen LogP contribution >= 0.6 is 11.3 Å². The molecule has 0 saturated heterocycles. The summed E-state index contributed by atoms with van der Waals surface area (Å²) in [5.74, 6) is -1.47. The van der Waals surface area contributed by atoms with Crippen LogP contribution in [0.3, 0.4) is 0 Å². The summed E-state index contributed by atoms with van der Waals surface area (Å²) in [6, 6.07) is 18.6. The normalized spacial score (nSPS) is 11.2. The highest BCUT2D eigenvalue weighted by molar-refractivity contribution is 7.13. The van der Waals surface area contributed by atoms with E-state index >= 15 is 0 Å². The molecule has 0 fully saturated rings. The lowest BCUT2D eigenvalue weighted by atomic mass is 10.1. The van der Waals surface area contributed by atoms with Crippen molar-refractivity contribution in [3.8, 4) is 21.8 Å². The summed E-state index contributed by atoms with van der Waals surface area (Å²) in [5, 5.41) is 2.07. The van der Waals surface area contributed by atoms with Gasteiger partial charge in [-0.3, -0.25) is 0 Å². The van der Waals surface area contributed by atoms with Gasteiger partial charge in [-0.15, -0.1) is 11.3 Å². The number of halogens is 2. The van der Waals surface area contributed by atoms with Crippen molar-refractivity contribution in [3.05, 3.63) is 95.6 Å². The number of nitrogens with one attached hydrogen (secondary N) is 1. The van der Waals surface area contributed by atoms with Crippen LogP contribution in [0.2, 0.25) is 0 Å². The van der Waals surface area contributed by atoms with Crippen molar-refractivity contribution < 1.29 is 13.3 Å². The molecule has 142 valence electrons. The SMILES string of the molecule is Fc1cccc(-c2nc3cc[n+](Cc4ccc(-c5cccs5)cc4)cc3[nH]2)c1F. The van der Waals surface area contributed by atoms with Crippen molar-refractivity contribution in [2.45, 2.75) is 6.54 Å². The standard InChI is InChI=1S/C23H15F2N3S/c24-18-4-1-3-17(22(18)25)23-26-19-10-11-28(14-20(19)27-23)13-15-6-8-16(9-7-15)21-5-2-12-29-21/h1-12,14H,13H2/p+1. The molecule has 0 amide bonds. The minimum atomic E-state index is -0.898. The average molecular weight is 404 g/mol. The second-order valence-electron chi connectivity index (χ2n) is 6.78. The van der Waals surface area contributed by atoms with E-state index < -0.39 is 11.6 Å². The van der Waals surface area contributed by atoms with E-state index in [4.69, 9.17) is 0 Å². The van der Waals surface area contributed by atoms with Gasteiger partial charge in [0.05, 0.1) is 5.56 Å². The molecule has 3 nitrogen and oxygen atoms in total. The van der Waals surface area contributed by atoms with Crippen LogP contribution in [-0.2, 0) is 6.54 Å². The lowest BCUT2D eigenvalue weighted by molar-refractivity contribution is -0.687. The van der Waals surface area contributed by atoms with Crippen LogP contribution in [0.15, 0.2) is 78.4 Å². The van der Waals surface area contributed by atoms with E-state index in [1.54, 1.807) is 11.3 Å². The van der Waals surface area contributed by atoms with Crippen molar-refractivity contribution in [1.29, 1.82) is 0 Å². The van der Waals surface area contributed by atoms with Crippen LogP contribution in [0.1, 0.15) is 5.56 Å². The Kier molecular flexibility index (Phi) is 4.41. The third kappa shape index (κ3) is 3.43. The fourth-order valence-electron chi connectivity index (χ4n) is 3.34. The number of benzene rings is 2. The fraction of sp³-hybridized carbons (Fsp3) is 0.0435. The number of aromatic amines is 1. The van der Waals surface area contributed by atoms with E-state index in [0.29, 0.717) is 17.9 Å². The molecular weight excluding hydrogens is 388 g/mol. The number of nitrogens with zero attached hydrogens (tertiary/aromatic N) is 2. The maximum absolute atomic E-state index is 14.1. The van der Waals surface area contributed by atoms with Gasteiger partial charge in [-0.1, -0.05) is 36.4 Å². The average Bonchev–Trinajstić information content (AvgIpc) is 3.40. The molecule has 0 bridgehead atoms. The third-order valence-corrected chi connectivity index (χ3v) is 5.73. The van der Waals surface area contributed by atoms with Crippen molar-refractivity contribution in [2.75, 3.05) is 0 Å². The van der Waals surface area contributed by atoms with E-state index in [-0.39, 0.29) is 5.56 Å². The first-order valence-electron chi connectivity index (χ1n) is 9.13. The maximum Gasteiger partial charge on any atom is 0.195 e. The monoisotopic (exact) mass is 404 g/mol. The zero-order valence-corrected chi connectivity index (χ0v) is 16.1. The highest BCUT2D eigenvalue weighted by atomic mass is 32.1. The Balaban J connectivity index is 1.42. The van der Waals surface area contributed by atoms with Crippen LogP contribution in [-0.4, -0.2) is 9.97 Å². The Morgan fingerprint density at radius 3 is 2.62 bits per heavy atom. The molecular formula is C23H16F2N3S+. The number of imidazole rings is 1. The summed E-state index contributed by atoms with van der Waals surface area (Å²) in [6.07, 6.45) is 3.86. The minimum Gasteiger partial charge on any atom is -0.333 e. The quantitative estimate of drug-likeness (QED) is 0.390. The van der Waals surface area contributed by atoms with Crippen LogP contribution in [0.25, 0.3) is 32.9 Å². The van der Waals surface area contributed by atoms with Gasteiger partial charge in [0.2, 0.25) is 0 Å². The summed E-state index contributed by atoms with van der Waals surface area (Å²) in [7, 11) is 0. The van der Waals surface area contributed by atoms with Crippen LogP contribution in [0.5, 0.6) is 0 Å². The van der Waals surface area contributed by atoms with E-state index in [2.05, 4.69) is 45.7 Å². The highest BCUT2D eigenvalue weighted by Gasteiger charge is 2.15. The number of aromatic nitrogens is 3. The van der Waals surface area contributed by atoms with Crippen molar-refractivity contribution in [3.63, 3.8) is 0 Å². The molecule has 0 aliphatic rings. The van der Waals surface area contributed by atoms with Crippen LogP contribution in [0, 0.1) is 11.6 Å². The molecule has 0 aliphatic heterocycles. The molecule has 2 aromatic carbocycles. The number of pyridine rings is 1. The summed E-state index contributed by atoms with van der Waals surface area (Å²) >= 11 is 1.72. The smallest absolute Gasteiger partial charge is 0.195 e. The molecule has 0 unspecified atom stereocenters. The van der Waals surface area contributed by atoms with Gasteiger partial charge in [0.15, 0.2) is 30.6 Å². The molecule has 5 aromatic rings. The first kappa shape index (κ1) is 17.7. The molecule has 0 radical (unpaired) electrons. The highest BCUT2D eigenvalue weighted by Crippen LogP contribution is 2.25. The van der Waals surface area contributed by atoms with Gasteiger partial charge in [0, 0.05) is 16.5 Å². The van der Waals surface area contributed by atoms with Crippen molar-refractivity contribution in [1.82, 2.24) is 9.97 Å². The van der Waals surface area contributed by atoms with Gasteiger partial charge in [-0.25, -0.2) is 13.8 Å². The van der Waals surface area contributed by atoms with Gasteiger partial charge < -0.3 is 4.98 Å². The molecule has 3 aromatic heterocycles. The van der Waals surface area contributed by atoms with E-state index in [1.807, 2.05) is 29.1 Å². The Morgan fingerprint density at radius 2 is 1.83 bits per heavy atom. The predicted octanol–water partition coefficient (Wildman–Crippen LogP) is 5.57. The summed E-state index contributed by atoms with van der Waals surface area (Å²) in [4.78, 5) is 8.75. The van der Waals surface area contributed by atoms with E-state index in [9.17, 15) is 8.78 Å². The topological polar surface area (TPSA) is 32.6 Å². The lowest BCUT2D eigenvalue weighted by Crippen LogP contribution is -2.33. The van der Waals surface area contributed by atoms with Crippen molar-refractivity contribution in [2.24, 2.45) is 0 Å². The summed E-state index contributed by atoms with van der Waals surface area (Å²) in [6.45, 7) is 0.698. The zero-order chi connectivity index (χ0) is 19.8. The molecule has 6 heteroatoms.